The lowest BCUT2D eigenvalue weighted by atomic mass is 10.2. The Balaban J connectivity index is 3.31. The summed E-state index contributed by atoms with van der Waals surface area (Å²) in [6.07, 6.45) is 4.45. The highest BCUT2D eigenvalue weighted by Gasteiger charge is 2.05. The molecule has 0 unspecified atom stereocenters. The highest BCUT2D eigenvalue weighted by molar-refractivity contribution is 5.96. The zero-order chi connectivity index (χ0) is 10.8. The van der Waals surface area contributed by atoms with Crippen molar-refractivity contribution in [1.82, 2.24) is 10.6 Å². The molecule has 0 spiro atoms. The molecule has 0 radical (unpaired) electrons. The van der Waals surface area contributed by atoms with E-state index >= 15 is 0 Å². The summed E-state index contributed by atoms with van der Waals surface area (Å²) in [6, 6.07) is 0. The van der Waals surface area contributed by atoms with E-state index < -0.39 is 0 Å². The van der Waals surface area contributed by atoms with Gasteiger partial charge in [0, 0.05) is 13.6 Å². The van der Waals surface area contributed by atoms with Crippen molar-refractivity contribution >= 4 is 11.8 Å². The van der Waals surface area contributed by atoms with Crippen molar-refractivity contribution in [2.24, 2.45) is 0 Å². The molecule has 2 N–H and O–H groups in total. The van der Waals surface area contributed by atoms with E-state index in [1.54, 1.807) is 0 Å². The van der Waals surface area contributed by atoms with Gasteiger partial charge in [-0.3, -0.25) is 9.59 Å². The standard InChI is InChI=1S/C10H20N2O2/c1-3-4-5-6-7-12-10(14)8-9(13)11-2/h3-8H2,1-2H3,(H,11,13)(H,12,14). The number of hydrogen-bond acceptors (Lipinski definition) is 2. The van der Waals surface area contributed by atoms with Gasteiger partial charge in [-0.2, -0.15) is 0 Å². The van der Waals surface area contributed by atoms with Crippen LogP contribution in [-0.4, -0.2) is 25.4 Å². The van der Waals surface area contributed by atoms with Crippen molar-refractivity contribution in [3.05, 3.63) is 0 Å². The van der Waals surface area contributed by atoms with E-state index in [0.717, 1.165) is 12.8 Å². The highest BCUT2D eigenvalue weighted by Crippen LogP contribution is 1.96. The molecule has 0 bridgehead atoms. The summed E-state index contributed by atoms with van der Waals surface area (Å²) in [7, 11) is 1.52. The van der Waals surface area contributed by atoms with E-state index in [1.165, 1.54) is 19.9 Å². The van der Waals surface area contributed by atoms with Gasteiger partial charge in [0.25, 0.3) is 0 Å². The average Bonchev–Trinajstić information content (AvgIpc) is 2.17. The molecule has 0 saturated heterocycles. The Morgan fingerprint density at radius 2 is 1.79 bits per heavy atom. The first-order valence-corrected chi connectivity index (χ1v) is 5.18. The first-order valence-electron chi connectivity index (χ1n) is 5.18. The van der Waals surface area contributed by atoms with Gasteiger partial charge in [0.05, 0.1) is 0 Å². The molecular formula is C10H20N2O2. The summed E-state index contributed by atoms with van der Waals surface area (Å²) in [5.74, 6) is -0.433. The fourth-order valence-electron chi connectivity index (χ4n) is 1.08. The van der Waals surface area contributed by atoms with Gasteiger partial charge in [-0.25, -0.2) is 0 Å². The summed E-state index contributed by atoms with van der Waals surface area (Å²) in [4.78, 5) is 21.9. The minimum Gasteiger partial charge on any atom is -0.359 e. The number of nitrogens with one attached hydrogen (secondary N) is 2. The molecule has 0 aromatic carbocycles. The maximum absolute atomic E-state index is 11.1. The van der Waals surface area contributed by atoms with Gasteiger partial charge in [-0.1, -0.05) is 26.2 Å². The lowest BCUT2D eigenvalue weighted by molar-refractivity contribution is -0.128. The molecule has 4 heteroatoms. The van der Waals surface area contributed by atoms with Gasteiger partial charge in [0.15, 0.2) is 0 Å². The number of rotatable bonds is 7. The van der Waals surface area contributed by atoms with Gasteiger partial charge in [0.1, 0.15) is 6.42 Å². The topological polar surface area (TPSA) is 58.2 Å². The van der Waals surface area contributed by atoms with Crippen molar-refractivity contribution < 1.29 is 9.59 Å². The van der Waals surface area contributed by atoms with E-state index in [9.17, 15) is 9.59 Å². The van der Waals surface area contributed by atoms with E-state index in [0.29, 0.717) is 6.54 Å². The molecule has 2 amide bonds. The van der Waals surface area contributed by atoms with Crippen LogP contribution in [0.2, 0.25) is 0 Å². The SMILES string of the molecule is CCCCCCNC(=O)CC(=O)NC. The summed E-state index contributed by atoms with van der Waals surface area (Å²) < 4.78 is 0. The number of hydrogen-bond donors (Lipinski definition) is 2. The molecule has 0 aromatic rings. The van der Waals surface area contributed by atoms with Gasteiger partial charge in [0.2, 0.25) is 11.8 Å². The molecule has 0 aliphatic rings. The van der Waals surface area contributed by atoms with Crippen LogP contribution in [0.5, 0.6) is 0 Å². The Kier molecular flexibility index (Phi) is 7.89. The predicted octanol–water partition coefficient (Wildman–Crippen LogP) is 0.819. The second kappa shape index (κ2) is 8.53. The summed E-state index contributed by atoms with van der Waals surface area (Å²) in [5.41, 5.74) is 0. The molecule has 4 nitrogen and oxygen atoms in total. The fraction of sp³-hybridized carbons (Fsp3) is 0.800. The quantitative estimate of drug-likeness (QED) is 0.472. The van der Waals surface area contributed by atoms with Crippen molar-refractivity contribution in [3.63, 3.8) is 0 Å². The van der Waals surface area contributed by atoms with Crippen LogP contribution in [0, 0.1) is 0 Å². The third kappa shape index (κ3) is 7.58. The molecule has 14 heavy (non-hydrogen) atoms. The monoisotopic (exact) mass is 200 g/mol. The molecule has 0 saturated carbocycles. The zero-order valence-corrected chi connectivity index (χ0v) is 9.06. The fourth-order valence-corrected chi connectivity index (χ4v) is 1.08. The number of carbonyl (C=O) groups excluding carboxylic acids is 2. The van der Waals surface area contributed by atoms with Gasteiger partial charge < -0.3 is 10.6 Å². The Labute approximate surface area is 85.4 Å². The van der Waals surface area contributed by atoms with Crippen LogP contribution in [0.25, 0.3) is 0 Å². The smallest absolute Gasteiger partial charge is 0.229 e. The minimum atomic E-state index is -0.240. The normalized spacial score (nSPS) is 9.57. The second-order valence-corrected chi connectivity index (χ2v) is 3.26. The van der Waals surface area contributed by atoms with E-state index in [-0.39, 0.29) is 18.2 Å². The molecule has 0 rings (SSSR count). The molecular weight excluding hydrogens is 180 g/mol. The molecule has 0 heterocycles. The Morgan fingerprint density at radius 3 is 2.36 bits per heavy atom. The van der Waals surface area contributed by atoms with Crippen LogP contribution in [-0.2, 0) is 9.59 Å². The van der Waals surface area contributed by atoms with Crippen LogP contribution in [0.15, 0.2) is 0 Å². The number of amides is 2. The van der Waals surface area contributed by atoms with Crippen LogP contribution >= 0.6 is 0 Å². The largest absolute Gasteiger partial charge is 0.359 e. The zero-order valence-electron chi connectivity index (χ0n) is 9.06. The maximum Gasteiger partial charge on any atom is 0.229 e. The maximum atomic E-state index is 11.1. The van der Waals surface area contributed by atoms with Crippen LogP contribution in [0.3, 0.4) is 0 Å². The van der Waals surface area contributed by atoms with Crippen molar-refractivity contribution in [1.29, 1.82) is 0 Å². The molecule has 82 valence electrons. The average molecular weight is 200 g/mol. The minimum absolute atomic E-state index is 0.0652. The third-order valence-electron chi connectivity index (χ3n) is 1.95. The van der Waals surface area contributed by atoms with E-state index in [2.05, 4.69) is 17.6 Å². The Hall–Kier alpha value is -1.06. The molecule has 0 aliphatic carbocycles. The Morgan fingerprint density at radius 1 is 1.07 bits per heavy atom. The highest BCUT2D eigenvalue weighted by atomic mass is 16.2. The molecule has 0 atom stereocenters. The van der Waals surface area contributed by atoms with Gasteiger partial charge >= 0.3 is 0 Å². The first kappa shape index (κ1) is 12.9. The lowest BCUT2D eigenvalue weighted by Crippen LogP contribution is -2.30. The van der Waals surface area contributed by atoms with E-state index in [4.69, 9.17) is 0 Å². The third-order valence-corrected chi connectivity index (χ3v) is 1.95. The van der Waals surface area contributed by atoms with Gasteiger partial charge in [-0.15, -0.1) is 0 Å². The number of unbranched alkanes of at least 4 members (excludes halogenated alkanes) is 3. The first-order chi connectivity index (χ1) is 6.70. The molecule has 0 aromatic heterocycles. The van der Waals surface area contributed by atoms with Crippen LogP contribution in [0.1, 0.15) is 39.0 Å². The van der Waals surface area contributed by atoms with Crippen molar-refractivity contribution in [2.75, 3.05) is 13.6 Å². The van der Waals surface area contributed by atoms with Gasteiger partial charge in [-0.05, 0) is 6.42 Å². The van der Waals surface area contributed by atoms with E-state index in [1.807, 2.05) is 0 Å². The second-order valence-electron chi connectivity index (χ2n) is 3.26. The van der Waals surface area contributed by atoms with Crippen LogP contribution < -0.4 is 10.6 Å². The molecule has 0 aliphatic heterocycles. The van der Waals surface area contributed by atoms with Crippen LogP contribution in [0.4, 0.5) is 0 Å². The summed E-state index contributed by atoms with van der Waals surface area (Å²) >= 11 is 0. The van der Waals surface area contributed by atoms with Crippen molar-refractivity contribution in [2.45, 2.75) is 39.0 Å². The lowest BCUT2D eigenvalue weighted by Gasteiger charge is -2.03. The Bertz CT molecular complexity index is 181. The summed E-state index contributed by atoms with van der Waals surface area (Å²) in [6.45, 7) is 2.82. The number of carbonyl (C=O) groups is 2. The molecule has 0 fully saturated rings. The summed E-state index contributed by atoms with van der Waals surface area (Å²) in [5, 5.41) is 5.11. The predicted molar refractivity (Wildman–Crippen MR) is 55.8 cm³/mol. The van der Waals surface area contributed by atoms with Crippen molar-refractivity contribution in [3.8, 4) is 0 Å².